The molecule has 0 aromatic heterocycles. The van der Waals surface area contributed by atoms with Crippen LogP contribution in [-0.2, 0) is 0 Å². The number of hydrogen-bond donors (Lipinski definition) is 1. The molecule has 0 aromatic carbocycles. The first-order valence-corrected chi connectivity index (χ1v) is 9.54. The molecule has 0 spiro atoms. The van der Waals surface area contributed by atoms with Crippen LogP contribution >= 0.6 is 0 Å². The van der Waals surface area contributed by atoms with E-state index in [0.717, 1.165) is 6.54 Å². The Bertz CT molecular complexity index is 349. The number of nitrogens with one attached hydrogen (secondary N) is 1. The quantitative estimate of drug-likeness (QED) is 0.761. The van der Waals surface area contributed by atoms with Gasteiger partial charge in [0.15, 0.2) is 0 Å². The lowest BCUT2D eigenvalue weighted by atomic mass is 9.80. The second kappa shape index (κ2) is 7.28. The zero-order chi connectivity index (χ0) is 14.5. The fourth-order valence-electron chi connectivity index (χ4n) is 5.11. The molecule has 0 radical (unpaired) electrons. The molecule has 1 heterocycles. The van der Waals surface area contributed by atoms with Gasteiger partial charge in [0.1, 0.15) is 0 Å². The van der Waals surface area contributed by atoms with E-state index in [4.69, 9.17) is 0 Å². The van der Waals surface area contributed by atoms with Gasteiger partial charge in [0.2, 0.25) is 0 Å². The van der Waals surface area contributed by atoms with E-state index in [2.05, 4.69) is 23.2 Å². The third-order valence-electron chi connectivity index (χ3n) is 6.10. The Morgan fingerprint density at radius 1 is 1.05 bits per heavy atom. The van der Waals surface area contributed by atoms with Gasteiger partial charge >= 0.3 is 0 Å². The number of likely N-dealkylation sites (N-methyl/N-ethyl adjacent to an activating group) is 1. The Labute approximate surface area is 131 Å². The molecule has 2 nitrogen and oxygen atoms in total. The fourth-order valence-corrected chi connectivity index (χ4v) is 5.11. The molecule has 0 amide bonds. The van der Waals surface area contributed by atoms with Crippen LogP contribution in [0.15, 0.2) is 11.6 Å². The molecule has 21 heavy (non-hydrogen) atoms. The van der Waals surface area contributed by atoms with Crippen molar-refractivity contribution in [3.05, 3.63) is 11.6 Å². The average molecular weight is 290 g/mol. The van der Waals surface area contributed by atoms with E-state index in [9.17, 15) is 0 Å². The maximum Gasteiger partial charge on any atom is 0.0466 e. The molecule has 0 aromatic rings. The molecule has 120 valence electrons. The smallest absolute Gasteiger partial charge is 0.0466 e. The molecule has 2 fully saturated rings. The van der Waals surface area contributed by atoms with Crippen molar-refractivity contribution in [3.8, 4) is 0 Å². The number of rotatable bonds is 5. The van der Waals surface area contributed by atoms with Gasteiger partial charge in [-0.15, -0.1) is 0 Å². The SMILES string of the molecule is CCNC(C1=CCCCCC1)C1(N2CCCC2)CCCC1. The minimum Gasteiger partial charge on any atom is -0.309 e. The molecule has 1 saturated heterocycles. The maximum absolute atomic E-state index is 3.93. The summed E-state index contributed by atoms with van der Waals surface area (Å²) in [6, 6.07) is 0.626. The van der Waals surface area contributed by atoms with Crippen molar-refractivity contribution in [1.29, 1.82) is 0 Å². The predicted molar refractivity (Wildman–Crippen MR) is 90.6 cm³/mol. The summed E-state index contributed by atoms with van der Waals surface area (Å²) in [6.45, 7) is 6.08. The normalized spacial score (nSPS) is 28.3. The zero-order valence-corrected chi connectivity index (χ0v) is 14.0. The Balaban J connectivity index is 1.86. The van der Waals surface area contributed by atoms with Crippen molar-refractivity contribution >= 4 is 0 Å². The van der Waals surface area contributed by atoms with Crippen LogP contribution < -0.4 is 5.32 Å². The van der Waals surface area contributed by atoms with Gasteiger partial charge in [-0.2, -0.15) is 0 Å². The van der Waals surface area contributed by atoms with E-state index < -0.39 is 0 Å². The van der Waals surface area contributed by atoms with E-state index in [1.54, 1.807) is 5.57 Å². The van der Waals surface area contributed by atoms with Crippen molar-refractivity contribution in [2.75, 3.05) is 19.6 Å². The van der Waals surface area contributed by atoms with Gasteiger partial charge in [-0.3, -0.25) is 4.90 Å². The highest BCUT2D eigenvalue weighted by Crippen LogP contribution is 2.43. The van der Waals surface area contributed by atoms with Gasteiger partial charge in [-0.25, -0.2) is 0 Å². The summed E-state index contributed by atoms with van der Waals surface area (Å²) >= 11 is 0. The van der Waals surface area contributed by atoms with E-state index in [0.29, 0.717) is 11.6 Å². The summed E-state index contributed by atoms with van der Waals surface area (Å²) in [5, 5.41) is 3.93. The van der Waals surface area contributed by atoms with Crippen LogP contribution in [0.1, 0.15) is 77.6 Å². The molecule has 1 N–H and O–H groups in total. The standard InChI is InChI=1S/C19H34N2/c1-2-20-18(17-11-5-3-4-6-12-17)19(13-7-8-14-19)21-15-9-10-16-21/h11,18,20H,2-10,12-16H2,1H3. The van der Waals surface area contributed by atoms with E-state index in [-0.39, 0.29) is 0 Å². The van der Waals surface area contributed by atoms with Crippen molar-refractivity contribution < 1.29 is 0 Å². The summed E-state index contributed by atoms with van der Waals surface area (Å²) in [5.74, 6) is 0. The average Bonchev–Trinajstić information content (AvgIpc) is 3.13. The maximum atomic E-state index is 3.93. The molecule has 1 aliphatic heterocycles. The summed E-state index contributed by atoms with van der Waals surface area (Å²) in [6.07, 6.45) is 18.0. The highest BCUT2D eigenvalue weighted by atomic mass is 15.2. The third-order valence-corrected chi connectivity index (χ3v) is 6.10. The van der Waals surface area contributed by atoms with Crippen molar-refractivity contribution in [2.45, 2.75) is 89.1 Å². The lowest BCUT2D eigenvalue weighted by Crippen LogP contribution is -2.59. The number of likely N-dealkylation sites (tertiary alicyclic amines) is 1. The summed E-state index contributed by atoms with van der Waals surface area (Å²) < 4.78 is 0. The number of hydrogen-bond acceptors (Lipinski definition) is 2. The number of nitrogens with zero attached hydrogens (tertiary/aromatic N) is 1. The first-order chi connectivity index (χ1) is 10.4. The lowest BCUT2D eigenvalue weighted by Gasteiger charge is -2.46. The van der Waals surface area contributed by atoms with Gasteiger partial charge in [0.25, 0.3) is 0 Å². The van der Waals surface area contributed by atoms with E-state index in [1.807, 2.05) is 0 Å². The number of allylic oxidation sites excluding steroid dienone is 1. The zero-order valence-electron chi connectivity index (χ0n) is 14.0. The topological polar surface area (TPSA) is 15.3 Å². The van der Waals surface area contributed by atoms with E-state index in [1.165, 1.54) is 83.7 Å². The van der Waals surface area contributed by atoms with E-state index >= 15 is 0 Å². The molecule has 0 bridgehead atoms. The summed E-state index contributed by atoms with van der Waals surface area (Å²) in [5.41, 5.74) is 2.20. The first kappa shape index (κ1) is 15.6. The van der Waals surface area contributed by atoms with Gasteiger partial charge in [0.05, 0.1) is 0 Å². The Hall–Kier alpha value is -0.340. The third kappa shape index (κ3) is 3.22. The highest BCUT2D eigenvalue weighted by molar-refractivity contribution is 5.22. The Kier molecular flexibility index (Phi) is 5.39. The van der Waals surface area contributed by atoms with Gasteiger partial charge in [0, 0.05) is 11.6 Å². The van der Waals surface area contributed by atoms with Crippen LogP contribution in [0.4, 0.5) is 0 Å². The van der Waals surface area contributed by atoms with Crippen LogP contribution in [0, 0.1) is 0 Å². The van der Waals surface area contributed by atoms with Gasteiger partial charge in [-0.05, 0) is 71.0 Å². The van der Waals surface area contributed by atoms with Gasteiger partial charge < -0.3 is 5.32 Å². The minimum absolute atomic E-state index is 0.447. The highest BCUT2D eigenvalue weighted by Gasteiger charge is 2.47. The predicted octanol–water partition coefficient (Wildman–Crippen LogP) is 4.26. The van der Waals surface area contributed by atoms with Crippen molar-refractivity contribution in [3.63, 3.8) is 0 Å². The van der Waals surface area contributed by atoms with Crippen LogP contribution in [0.5, 0.6) is 0 Å². The molecule has 1 saturated carbocycles. The lowest BCUT2D eigenvalue weighted by molar-refractivity contribution is 0.0893. The van der Waals surface area contributed by atoms with Crippen LogP contribution in [0.3, 0.4) is 0 Å². The van der Waals surface area contributed by atoms with Crippen LogP contribution in [-0.4, -0.2) is 36.1 Å². The molecule has 2 aliphatic carbocycles. The second-order valence-corrected chi connectivity index (χ2v) is 7.37. The second-order valence-electron chi connectivity index (χ2n) is 7.37. The molecule has 2 heteroatoms. The molecular formula is C19H34N2. The largest absolute Gasteiger partial charge is 0.309 e. The molecule has 3 rings (SSSR count). The van der Waals surface area contributed by atoms with Crippen LogP contribution in [0.2, 0.25) is 0 Å². The molecule has 1 unspecified atom stereocenters. The summed E-state index contributed by atoms with van der Waals surface area (Å²) in [4.78, 5) is 2.87. The first-order valence-electron chi connectivity index (χ1n) is 9.54. The minimum atomic E-state index is 0.447. The molecular weight excluding hydrogens is 256 g/mol. The molecule has 1 atom stereocenters. The van der Waals surface area contributed by atoms with Crippen molar-refractivity contribution in [2.24, 2.45) is 0 Å². The van der Waals surface area contributed by atoms with Crippen LogP contribution in [0.25, 0.3) is 0 Å². The van der Waals surface area contributed by atoms with Crippen molar-refractivity contribution in [1.82, 2.24) is 10.2 Å². The summed E-state index contributed by atoms with van der Waals surface area (Å²) in [7, 11) is 0. The van der Waals surface area contributed by atoms with Gasteiger partial charge in [-0.1, -0.05) is 37.8 Å². The Morgan fingerprint density at radius 2 is 1.81 bits per heavy atom. The Morgan fingerprint density at radius 3 is 2.52 bits per heavy atom. The molecule has 3 aliphatic rings. The fraction of sp³-hybridized carbons (Fsp3) is 0.895. The monoisotopic (exact) mass is 290 g/mol.